The van der Waals surface area contributed by atoms with Crippen LogP contribution in [0.25, 0.3) is 0 Å². The minimum absolute atomic E-state index is 0.280. The van der Waals surface area contributed by atoms with Crippen molar-refractivity contribution < 1.29 is 9.90 Å². The third kappa shape index (κ3) is 20.9. The smallest absolute Gasteiger partial charge is 0.303 e. The lowest BCUT2D eigenvalue weighted by atomic mass is 10.0. The van der Waals surface area contributed by atoms with Gasteiger partial charge in [0.2, 0.25) is 0 Å². The summed E-state index contributed by atoms with van der Waals surface area (Å²) in [7, 11) is 0. The molecule has 0 rings (SSSR count). The highest BCUT2D eigenvalue weighted by molar-refractivity contribution is 5.66. The van der Waals surface area contributed by atoms with Crippen LogP contribution in [0.4, 0.5) is 0 Å². The maximum absolute atomic E-state index is 10.3. The van der Waals surface area contributed by atoms with E-state index in [2.05, 4.69) is 38.2 Å². The van der Waals surface area contributed by atoms with Gasteiger partial charge >= 0.3 is 5.97 Å². The number of hydrogen-bond acceptors (Lipinski definition) is 1. The van der Waals surface area contributed by atoms with Crippen LogP contribution in [-0.2, 0) is 4.79 Å². The fraction of sp³-hybridized carbons (Fsp3) is 0.773. The average molecular weight is 337 g/mol. The Morgan fingerprint density at radius 1 is 0.708 bits per heavy atom. The van der Waals surface area contributed by atoms with Crippen LogP contribution in [0.15, 0.2) is 24.3 Å². The van der Waals surface area contributed by atoms with Gasteiger partial charge in [-0.05, 0) is 44.4 Å². The van der Waals surface area contributed by atoms with E-state index >= 15 is 0 Å². The number of allylic oxidation sites excluding steroid dienone is 4. The van der Waals surface area contributed by atoms with Gasteiger partial charge in [0, 0.05) is 6.42 Å². The summed E-state index contributed by atoms with van der Waals surface area (Å²) in [5.74, 6) is 0.168. The first-order chi connectivity index (χ1) is 11.6. The minimum Gasteiger partial charge on any atom is -0.481 e. The quantitative estimate of drug-likeness (QED) is 0.223. The van der Waals surface area contributed by atoms with Crippen LogP contribution in [0.3, 0.4) is 0 Å². The zero-order chi connectivity index (χ0) is 17.9. The van der Waals surface area contributed by atoms with Crippen molar-refractivity contribution in [2.75, 3.05) is 0 Å². The molecule has 0 aromatic carbocycles. The van der Waals surface area contributed by atoms with E-state index in [0.29, 0.717) is 0 Å². The van der Waals surface area contributed by atoms with Crippen molar-refractivity contribution in [3.63, 3.8) is 0 Å². The monoisotopic (exact) mass is 336 g/mol. The molecule has 1 N–H and O–H groups in total. The number of carboxylic acids is 1. The molecule has 2 nitrogen and oxygen atoms in total. The highest BCUT2D eigenvalue weighted by Gasteiger charge is 1.95. The molecule has 0 aliphatic rings. The molecular formula is C22H40O2. The van der Waals surface area contributed by atoms with Crippen molar-refractivity contribution in [2.45, 2.75) is 104 Å². The number of aliphatic carboxylic acids is 1. The summed E-state index contributed by atoms with van der Waals surface area (Å²) in [5, 5.41) is 8.52. The molecule has 0 aliphatic heterocycles. The summed E-state index contributed by atoms with van der Waals surface area (Å²) in [6, 6.07) is 0. The van der Waals surface area contributed by atoms with Crippen molar-refractivity contribution in [3.8, 4) is 0 Å². The summed E-state index contributed by atoms with van der Waals surface area (Å²) >= 11 is 0. The average Bonchev–Trinajstić information content (AvgIpc) is 2.53. The Balaban J connectivity index is 3.18. The molecule has 24 heavy (non-hydrogen) atoms. The first-order valence-electron chi connectivity index (χ1n) is 10.1. The van der Waals surface area contributed by atoms with Crippen LogP contribution in [0.5, 0.6) is 0 Å². The van der Waals surface area contributed by atoms with Gasteiger partial charge in [-0.2, -0.15) is 0 Å². The van der Waals surface area contributed by atoms with E-state index in [1.165, 1.54) is 57.8 Å². The predicted molar refractivity (Wildman–Crippen MR) is 105 cm³/mol. The van der Waals surface area contributed by atoms with Crippen molar-refractivity contribution in [1.29, 1.82) is 0 Å². The van der Waals surface area contributed by atoms with E-state index in [-0.39, 0.29) is 6.42 Å². The Morgan fingerprint density at radius 3 is 1.71 bits per heavy atom. The van der Waals surface area contributed by atoms with Gasteiger partial charge in [-0.1, -0.05) is 83.1 Å². The molecule has 0 bridgehead atoms. The lowest BCUT2D eigenvalue weighted by Gasteiger charge is -2.04. The molecule has 0 aromatic rings. The fourth-order valence-electron chi connectivity index (χ4n) is 2.73. The second-order valence-corrected chi connectivity index (χ2v) is 7.25. The van der Waals surface area contributed by atoms with E-state index in [4.69, 9.17) is 5.11 Å². The van der Waals surface area contributed by atoms with Gasteiger partial charge in [0.05, 0.1) is 0 Å². The van der Waals surface area contributed by atoms with Crippen LogP contribution in [-0.4, -0.2) is 11.1 Å². The maximum atomic E-state index is 10.3. The highest BCUT2D eigenvalue weighted by Crippen LogP contribution is 2.12. The van der Waals surface area contributed by atoms with E-state index in [9.17, 15) is 4.79 Å². The number of unbranched alkanes of at least 4 members (excludes halogenated alkanes) is 9. The standard InChI is InChI=1S/C22H40O2/c1-21(2)19-17-15-13-11-9-7-5-3-4-6-8-10-12-14-16-18-20-22(23)24/h4,6,12,14,21H,3,5,7-11,13,15-20H2,1-2H3,(H,23,24)/b6-4+,14-12+. The summed E-state index contributed by atoms with van der Waals surface area (Å²) in [5.41, 5.74) is 0. The molecule has 0 amide bonds. The van der Waals surface area contributed by atoms with E-state index in [0.717, 1.165) is 31.6 Å². The van der Waals surface area contributed by atoms with Crippen molar-refractivity contribution >= 4 is 5.97 Å². The predicted octanol–water partition coefficient (Wildman–Crippen LogP) is 7.30. The van der Waals surface area contributed by atoms with Gasteiger partial charge in [-0.3, -0.25) is 4.79 Å². The maximum Gasteiger partial charge on any atom is 0.303 e. The molecule has 0 saturated carbocycles. The van der Waals surface area contributed by atoms with Gasteiger partial charge in [0.25, 0.3) is 0 Å². The second kappa shape index (κ2) is 18.3. The SMILES string of the molecule is CC(C)CCCCCCCCC/C=C/CC/C=C/CCCC(=O)O. The molecule has 0 unspecified atom stereocenters. The molecule has 0 heterocycles. The largest absolute Gasteiger partial charge is 0.481 e. The summed E-state index contributed by atoms with van der Waals surface area (Å²) < 4.78 is 0. The Hall–Kier alpha value is -1.05. The molecule has 0 atom stereocenters. The summed E-state index contributed by atoms with van der Waals surface area (Å²) in [6.45, 7) is 4.62. The number of rotatable bonds is 17. The molecule has 2 heteroatoms. The van der Waals surface area contributed by atoms with Gasteiger partial charge < -0.3 is 5.11 Å². The first kappa shape index (κ1) is 22.9. The van der Waals surface area contributed by atoms with Crippen LogP contribution in [0, 0.1) is 5.92 Å². The van der Waals surface area contributed by atoms with Gasteiger partial charge in [0.1, 0.15) is 0 Å². The van der Waals surface area contributed by atoms with E-state index in [1.54, 1.807) is 0 Å². The van der Waals surface area contributed by atoms with Crippen LogP contribution < -0.4 is 0 Å². The number of carboxylic acid groups (broad SMARTS) is 1. The van der Waals surface area contributed by atoms with Crippen LogP contribution in [0.1, 0.15) is 104 Å². The normalized spacial score (nSPS) is 12.0. The summed E-state index contributed by atoms with van der Waals surface area (Å²) in [4.78, 5) is 10.3. The second-order valence-electron chi connectivity index (χ2n) is 7.25. The molecule has 0 aromatic heterocycles. The Bertz CT molecular complexity index is 329. The molecule has 0 saturated heterocycles. The molecule has 140 valence electrons. The van der Waals surface area contributed by atoms with E-state index in [1.807, 2.05) is 0 Å². The lowest BCUT2D eigenvalue weighted by Crippen LogP contribution is -1.92. The summed E-state index contributed by atoms with van der Waals surface area (Å²) in [6.07, 6.45) is 25.3. The van der Waals surface area contributed by atoms with Crippen LogP contribution >= 0.6 is 0 Å². The molecular weight excluding hydrogens is 296 g/mol. The Morgan fingerprint density at radius 2 is 1.17 bits per heavy atom. The number of hydrogen-bond donors (Lipinski definition) is 1. The fourth-order valence-corrected chi connectivity index (χ4v) is 2.73. The Kier molecular flexibility index (Phi) is 17.5. The zero-order valence-electron chi connectivity index (χ0n) is 16.1. The van der Waals surface area contributed by atoms with Crippen molar-refractivity contribution in [2.24, 2.45) is 5.92 Å². The lowest BCUT2D eigenvalue weighted by molar-refractivity contribution is -0.137. The molecule has 0 radical (unpaired) electrons. The Labute approximate surface area is 150 Å². The van der Waals surface area contributed by atoms with Crippen molar-refractivity contribution in [3.05, 3.63) is 24.3 Å². The topological polar surface area (TPSA) is 37.3 Å². The van der Waals surface area contributed by atoms with E-state index < -0.39 is 5.97 Å². The van der Waals surface area contributed by atoms with Gasteiger partial charge in [-0.15, -0.1) is 0 Å². The van der Waals surface area contributed by atoms with Crippen LogP contribution in [0.2, 0.25) is 0 Å². The highest BCUT2D eigenvalue weighted by atomic mass is 16.4. The zero-order valence-corrected chi connectivity index (χ0v) is 16.1. The third-order valence-corrected chi connectivity index (χ3v) is 4.25. The number of carbonyl (C=O) groups is 1. The van der Waals surface area contributed by atoms with Gasteiger partial charge in [-0.25, -0.2) is 0 Å². The third-order valence-electron chi connectivity index (χ3n) is 4.25. The molecule has 0 aliphatic carbocycles. The first-order valence-corrected chi connectivity index (χ1v) is 10.1. The molecule has 0 spiro atoms. The van der Waals surface area contributed by atoms with Crippen molar-refractivity contribution in [1.82, 2.24) is 0 Å². The minimum atomic E-state index is -0.697. The van der Waals surface area contributed by atoms with Gasteiger partial charge in [0.15, 0.2) is 0 Å². The molecule has 0 fully saturated rings.